The van der Waals surface area contributed by atoms with E-state index in [1.165, 1.54) is 0 Å². The Morgan fingerprint density at radius 2 is 1.81 bits per heavy atom. The summed E-state index contributed by atoms with van der Waals surface area (Å²) in [5, 5.41) is 12.7. The van der Waals surface area contributed by atoms with Gasteiger partial charge in [0.25, 0.3) is 0 Å². The van der Waals surface area contributed by atoms with Crippen molar-refractivity contribution in [1.29, 1.82) is 0 Å². The van der Waals surface area contributed by atoms with Crippen molar-refractivity contribution in [3.05, 3.63) is 65.5 Å². The third kappa shape index (κ3) is 3.54. The smallest absolute Gasteiger partial charge is 0.148 e. The van der Waals surface area contributed by atoms with Gasteiger partial charge < -0.3 is 5.32 Å². The topological polar surface area (TPSA) is 73.5 Å². The quantitative estimate of drug-likeness (QED) is 0.578. The van der Waals surface area contributed by atoms with Crippen LogP contribution < -0.4 is 5.32 Å². The second-order valence-corrected chi connectivity index (χ2v) is 6.62. The predicted molar refractivity (Wildman–Crippen MR) is 106 cm³/mol. The fourth-order valence-electron chi connectivity index (χ4n) is 2.86. The SMILES string of the molecule is Cc1nc(C)n(-c2ccc(Nc3cc(-c4ccn(C)n4)c(Cl)cn3)cc2)n1. The van der Waals surface area contributed by atoms with Crippen molar-refractivity contribution in [2.45, 2.75) is 13.8 Å². The van der Waals surface area contributed by atoms with E-state index in [0.29, 0.717) is 10.8 Å². The molecule has 0 aliphatic heterocycles. The van der Waals surface area contributed by atoms with Crippen molar-refractivity contribution in [1.82, 2.24) is 29.5 Å². The van der Waals surface area contributed by atoms with Gasteiger partial charge in [0.05, 0.1) is 16.4 Å². The molecule has 0 saturated heterocycles. The molecule has 0 radical (unpaired) electrons. The zero-order valence-electron chi connectivity index (χ0n) is 15.2. The number of aryl methyl sites for hydroxylation is 3. The van der Waals surface area contributed by atoms with Crippen LogP contribution >= 0.6 is 11.6 Å². The van der Waals surface area contributed by atoms with Gasteiger partial charge in [0.2, 0.25) is 0 Å². The molecule has 0 fully saturated rings. The van der Waals surface area contributed by atoms with Gasteiger partial charge in [-0.15, -0.1) is 0 Å². The number of pyridine rings is 1. The summed E-state index contributed by atoms with van der Waals surface area (Å²) in [6, 6.07) is 11.7. The van der Waals surface area contributed by atoms with Gasteiger partial charge in [0.1, 0.15) is 17.5 Å². The van der Waals surface area contributed by atoms with E-state index >= 15 is 0 Å². The Morgan fingerprint density at radius 3 is 2.44 bits per heavy atom. The maximum atomic E-state index is 6.29. The normalized spacial score (nSPS) is 11.0. The summed E-state index contributed by atoms with van der Waals surface area (Å²) in [6.45, 7) is 3.81. The molecule has 0 spiro atoms. The van der Waals surface area contributed by atoms with Crippen molar-refractivity contribution in [2.24, 2.45) is 7.05 Å². The minimum Gasteiger partial charge on any atom is -0.340 e. The second kappa shape index (κ2) is 6.85. The van der Waals surface area contributed by atoms with Gasteiger partial charge in [-0.05, 0) is 50.2 Å². The van der Waals surface area contributed by atoms with Gasteiger partial charge in [-0.25, -0.2) is 14.6 Å². The lowest BCUT2D eigenvalue weighted by molar-refractivity contribution is 0.771. The van der Waals surface area contributed by atoms with Crippen molar-refractivity contribution in [3.63, 3.8) is 0 Å². The molecular weight excluding hydrogens is 362 g/mol. The van der Waals surface area contributed by atoms with Crippen LogP contribution in [0, 0.1) is 13.8 Å². The summed E-state index contributed by atoms with van der Waals surface area (Å²) in [7, 11) is 1.87. The van der Waals surface area contributed by atoms with Crippen LogP contribution in [0.1, 0.15) is 11.6 Å². The van der Waals surface area contributed by atoms with Crippen molar-refractivity contribution >= 4 is 23.1 Å². The molecule has 4 aromatic rings. The average Bonchev–Trinajstić information content (AvgIpc) is 3.22. The number of aromatic nitrogens is 6. The number of nitrogens with zero attached hydrogens (tertiary/aromatic N) is 6. The number of benzene rings is 1. The second-order valence-electron chi connectivity index (χ2n) is 6.21. The summed E-state index contributed by atoms with van der Waals surface area (Å²) in [5.41, 5.74) is 3.51. The molecule has 0 aliphatic carbocycles. The molecule has 3 aromatic heterocycles. The third-order valence-electron chi connectivity index (χ3n) is 4.10. The van der Waals surface area contributed by atoms with Crippen LogP contribution in [-0.2, 0) is 7.05 Å². The molecule has 0 unspecified atom stereocenters. The highest BCUT2D eigenvalue weighted by Crippen LogP contribution is 2.29. The highest BCUT2D eigenvalue weighted by Gasteiger charge is 2.10. The first-order valence-corrected chi connectivity index (χ1v) is 8.81. The van der Waals surface area contributed by atoms with E-state index in [9.17, 15) is 0 Å². The minimum atomic E-state index is 0.562. The van der Waals surface area contributed by atoms with E-state index in [2.05, 4.69) is 25.5 Å². The van der Waals surface area contributed by atoms with Gasteiger partial charge in [-0.1, -0.05) is 11.6 Å². The number of halogens is 1. The summed E-state index contributed by atoms with van der Waals surface area (Å²) in [5.74, 6) is 2.30. The Morgan fingerprint density at radius 1 is 1.04 bits per heavy atom. The van der Waals surface area contributed by atoms with Crippen LogP contribution in [-0.4, -0.2) is 29.5 Å². The van der Waals surface area contributed by atoms with E-state index in [-0.39, 0.29) is 0 Å². The summed E-state index contributed by atoms with van der Waals surface area (Å²) in [6.07, 6.45) is 3.51. The van der Waals surface area contributed by atoms with Crippen LogP contribution in [0.3, 0.4) is 0 Å². The molecule has 0 aliphatic rings. The van der Waals surface area contributed by atoms with Crippen molar-refractivity contribution in [3.8, 4) is 16.9 Å². The maximum absolute atomic E-state index is 6.29. The summed E-state index contributed by atoms with van der Waals surface area (Å²) < 4.78 is 3.56. The molecule has 0 amide bonds. The molecule has 0 bridgehead atoms. The Labute approximate surface area is 161 Å². The first-order chi connectivity index (χ1) is 13.0. The van der Waals surface area contributed by atoms with Gasteiger partial charge in [-0.3, -0.25) is 4.68 Å². The fraction of sp³-hybridized carbons (Fsp3) is 0.158. The molecule has 0 atom stereocenters. The lowest BCUT2D eigenvalue weighted by atomic mass is 10.2. The van der Waals surface area contributed by atoms with Crippen LogP contribution in [0.2, 0.25) is 5.02 Å². The van der Waals surface area contributed by atoms with E-state index < -0.39 is 0 Å². The van der Waals surface area contributed by atoms with Crippen LogP contribution in [0.4, 0.5) is 11.5 Å². The number of nitrogens with one attached hydrogen (secondary N) is 1. The molecule has 1 N–H and O–H groups in total. The Bertz CT molecular complexity index is 1100. The molecule has 7 nitrogen and oxygen atoms in total. The van der Waals surface area contributed by atoms with Crippen LogP contribution in [0.15, 0.2) is 48.8 Å². The van der Waals surface area contributed by atoms with E-state index in [4.69, 9.17) is 11.6 Å². The minimum absolute atomic E-state index is 0.562. The Hall–Kier alpha value is -3.19. The number of hydrogen-bond donors (Lipinski definition) is 1. The van der Waals surface area contributed by atoms with Gasteiger partial charge in [0.15, 0.2) is 0 Å². The first kappa shape index (κ1) is 17.2. The summed E-state index contributed by atoms with van der Waals surface area (Å²) >= 11 is 6.29. The molecule has 0 saturated carbocycles. The van der Waals surface area contributed by atoms with Crippen molar-refractivity contribution < 1.29 is 0 Å². The maximum Gasteiger partial charge on any atom is 0.148 e. The molecule has 4 rings (SSSR count). The lowest BCUT2D eigenvalue weighted by Crippen LogP contribution is -2.00. The molecule has 8 heteroatoms. The highest BCUT2D eigenvalue weighted by atomic mass is 35.5. The monoisotopic (exact) mass is 379 g/mol. The fourth-order valence-corrected chi connectivity index (χ4v) is 3.06. The summed E-state index contributed by atoms with van der Waals surface area (Å²) in [4.78, 5) is 8.69. The Kier molecular flexibility index (Phi) is 4.37. The first-order valence-electron chi connectivity index (χ1n) is 8.43. The average molecular weight is 380 g/mol. The Balaban J connectivity index is 1.58. The van der Waals surface area contributed by atoms with Gasteiger partial charge >= 0.3 is 0 Å². The molecule has 27 heavy (non-hydrogen) atoms. The van der Waals surface area contributed by atoms with E-state index in [1.807, 2.05) is 68.2 Å². The lowest BCUT2D eigenvalue weighted by Gasteiger charge is -2.09. The standard InChI is InChI=1S/C19H18ClN7/c1-12-22-13(2)27(24-12)15-6-4-14(5-7-15)23-19-10-16(17(20)11-21-19)18-8-9-26(3)25-18/h4-11H,1-3H3,(H,21,23). The molecule has 136 valence electrons. The largest absolute Gasteiger partial charge is 0.340 e. The molecule has 3 heterocycles. The molecule has 1 aromatic carbocycles. The van der Waals surface area contributed by atoms with E-state index in [1.54, 1.807) is 10.9 Å². The van der Waals surface area contributed by atoms with Crippen molar-refractivity contribution in [2.75, 3.05) is 5.32 Å². The van der Waals surface area contributed by atoms with Gasteiger partial charge in [-0.2, -0.15) is 10.2 Å². The zero-order chi connectivity index (χ0) is 19.0. The number of anilines is 2. The zero-order valence-corrected chi connectivity index (χ0v) is 15.9. The number of rotatable bonds is 4. The van der Waals surface area contributed by atoms with Crippen LogP contribution in [0.25, 0.3) is 16.9 Å². The third-order valence-corrected chi connectivity index (χ3v) is 4.41. The number of hydrogen-bond acceptors (Lipinski definition) is 5. The van der Waals surface area contributed by atoms with Gasteiger partial charge in [0, 0.05) is 30.7 Å². The van der Waals surface area contributed by atoms with Crippen LogP contribution in [0.5, 0.6) is 0 Å². The highest BCUT2D eigenvalue weighted by molar-refractivity contribution is 6.33. The predicted octanol–water partition coefficient (Wildman–Crippen LogP) is 4.08. The molecular formula is C19H18ClN7. The van der Waals surface area contributed by atoms with E-state index in [0.717, 1.165) is 34.3 Å².